The van der Waals surface area contributed by atoms with Gasteiger partial charge in [0.2, 0.25) is 41.4 Å². The van der Waals surface area contributed by atoms with Crippen LogP contribution in [0.2, 0.25) is 0 Å². The van der Waals surface area contributed by atoms with E-state index in [1.54, 1.807) is 36.4 Å². The largest absolute Gasteiger partial charge is 0.492 e. The number of nitrogens with one attached hydrogen (secondary N) is 6. The van der Waals surface area contributed by atoms with E-state index in [4.69, 9.17) is 31.9 Å². The molecule has 0 saturated heterocycles. The maximum atomic E-state index is 14.4. The number of ether oxygens (including phenoxy) is 2. The SMILES string of the molecule is CCCCCCCCCC(=O)NCC(=O)NCC(=O)N[C@@H](CCN)C(=O)N(C)[C@@H]1C(=O)N[C@@H](C)C(=O)N[C@H](C(=O)NCC#N)Cc2ccc(OCCN)c(c2)-c2cc1ccc2OCCN. The zero-order valence-corrected chi connectivity index (χ0v) is 37.8. The van der Waals surface area contributed by atoms with Crippen LogP contribution in [0.4, 0.5) is 0 Å². The standard InChI is InChI=1S/C45H67N11O9/c1-4-5-6-7-8-9-10-11-38(57)51-27-39(58)52-28-40(59)54-34(16-17-46)45(63)56(3)41-31-13-15-37(65-23-20-49)33(26-31)32-24-30(12-14-36(32)64-22-19-48)25-35(43(61)50-21-18-47)55-42(60)29(2)53-44(41)62/h12-15,24,26,29,34-35,41H,4-11,16-17,19-23,25,27-28,46,48-49H2,1-3H3,(H,50,61)(H,51,57)(H,52,58)(H,53,62)(H,54,59)(H,55,60)/t29-,34-,35-,41-/m0/s1. The molecule has 65 heavy (non-hydrogen) atoms. The summed E-state index contributed by atoms with van der Waals surface area (Å²) in [4.78, 5) is 94.8. The number of nitriles is 1. The lowest BCUT2D eigenvalue weighted by molar-refractivity contribution is -0.143. The van der Waals surface area contributed by atoms with Crippen molar-refractivity contribution in [2.24, 2.45) is 17.2 Å². The van der Waals surface area contributed by atoms with E-state index < -0.39 is 66.2 Å². The summed E-state index contributed by atoms with van der Waals surface area (Å²) in [5, 5.41) is 24.5. The van der Waals surface area contributed by atoms with Crippen LogP contribution in [0, 0.1) is 11.3 Å². The van der Waals surface area contributed by atoms with Gasteiger partial charge in [-0.05, 0) is 61.7 Å². The Balaban J connectivity index is 1.93. The van der Waals surface area contributed by atoms with E-state index in [1.807, 2.05) is 6.07 Å². The number of nitrogens with two attached hydrogens (primary N) is 3. The second kappa shape index (κ2) is 28.5. The molecule has 1 aliphatic rings. The highest BCUT2D eigenvalue weighted by Crippen LogP contribution is 2.40. The number of unbranched alkanes of at least 4 members (excludes halogenated alkanes) is 6. The number of hydrogen-bond donors (Lipinski definition) is 9. The van der Waals surface area contributed by atoms with Crippen LogP contribution in [0.5, 0.6) is 11.5 Å². The molecule has 20 nitrogen and oxygen atoms in total. The number of carbonyl (C=O) groups is 7. The molecule has 356 valence electrons. The van der Waals surface area contributed by atoms with E-state index in [1.165, 1.54) is 26.8 Å². The Labute approximate surface area is 380 Å². The Hall–Kier alpha value is -6.30. The van der Waals surface area contributed by atoms with E-state index in [0.29, 0.717) is 34.6 Å². The van der Waals surface area contributed by atoms with Crippen molar-refractivity contribution in [2.75, 3.05) is 59.5 Å². The van der Waals surface area contributed by atoms with Crippen LogP contribution in [-0.2, 0) is 40.0 Å². The molecular formula is C45H67N11O9. The monoisotopic (exact) mass is 906 g/mol. The predicted molar refractivity (Wildman–Crippen MR) is 243 cm³/mol. The van der Waals surface area contributed by atoms with Gasteiger partial charge in [-0.2, -0.15) is 5.26 Å². The number of hydrogen-bond acceptors (Lipinski definition) is 13. The molecule has 2 aromatic rings. The molecule has 0 spiro atoms. The van der Waals surface area contributed by atoms with Crippen molar-refractivity contribution in [3.63, 3.8) is 0 Å². The van der Waals surface area contributed by atoms with Gasteiger partial charge in [-0.25, -0.2) is 0 Å². The highest BCUT2D eigenvalue weighted by atomic mass is 16.5. The fourth-order valence-electron chi connectivity index (χ4n) is 7.13. The van der Waals surface area contributed by atoms with Crippen molar-refractivity contribution in [1.29, 1.82) is 5.26 Å². The molecule has 0 aliphatic carbocycles. The number of rotatable bonds is 25. The van der Waals surface area contributed by atoms with Crippen molar-refractivity contribution in [3.05, 3.63) is 47.5 Å². The predicted octanol–water partition coefficient (Wildman–Crippen LogP) is -0.0798. The van der Waals surface area contributed by atoms with Gasteiger partial charge >= 0.3 is 0 Å². The molecule has 0 unspecified atom stereocenters. The van der Waals surface area contributed by atoms with Gasteiger partial charge in [-0.3, -0.25) is 33.6 Å². The maximum absolute atomic E-state index is 14.4. The maximum Gasteiger partial charge on any atom is 0.248 e. The Morgan fingerprint density at radius 1 is 0.800 bits per heavy atom. The Kier molecular flexibility index (Phi) is 23.2. The van der Waals surface area contributed by atoms with Gasteiger partial charge < -0.3 is 63.5 Å². The van der Waals surface area contributed by atoms with E-state index >= 15 is 0 Å². The molecular weight excluding hydrogens is 839 g/mol. The number of amides is 7. The molecule has 3 rings (SSSR count). The first kappa shape index (κ1) is 53.0. The summed E-state index contributed by atoms with van der Waals surface area (Å²) >= 11 is 0. The van der Waals surface area contributed by atoms with Gasteiger partial charge in [-0.1, -0.05) is 57.6 Å². The minimum atomic E-state index is -1.43. The van der Waals surface area contributed by atoms with Crippen molar-refractivity contribution < 1.29 is 43.0 Å². The quantitative estimate of drug-likeness (QED) is 0.0466. The lowest BCUT2D eigenvalue weighted by Crippen LogP contribution is -2.56. The van der Waals surface area contributed by atoms with Crippen LogP contribution in [-0.4, -0.2) is 124 Å². The number of likely N-dealkylation sites (N-methyl/N-ethyl adjacent to an activating group) is 1. The number of carbonyl (C=O) groups excluding carboxylic acids is 7. The summed E-state index contributed by atoms with van der Waals surface area (Å²) in [6.45, 7) is 2.96. The van der Waals surface area contributed by atoms with Crippen LogP contribution >= 0.6 is 0 Å². The third-order valence-electron chi connectivity index (χ3n) is 10.5. The van der Waals surface area contributed by atoms with Gasteiger partial charge in [0.15, 0.2) is 0 Å². The van der Waals surface area contributed by atoms with Gasteiger partial charge in [0.25, 0.3) is 0 Å². The Morgan fingerprint density at radius 2 is 1.42 bits per heavy atom. The van der Waals surface area contributed by atoms with Crippen molar-refractivity contribution >= 4 is 41.4 Å². The molecule has 0 aromatic heterocycles. The van der Waals surface area contributed by atoms with Crippen LogP contribution in [0.3, 0.4) is 0 Å². The minimum absolute atomic E-state index is 0.0137. The average Bonchev–Trinajstić information content (AvgIpc) is 3.29. The molecule has 0 radical (unpaired) electrons. The molecule has 20 heteroatoms. The summed E-state index contributed by atoms with van der Waals surface area (Å²) < 4.78 is 12.1. The first-order chi connectivity index (χ1) is 31.3. The number of nitrogens with zero attached hydrogens (tertiary/aromatic N) is 2. The van der Waals surface area contributed by atoms with E-state index in [0.717, 1.165) is 30.6 Å². The van der Waals surface area contributed by atoms with Crippen molar-refractivity contribution in [3.8, 4) is 28.7 Å². The zero-order valence-electron chi connectivity index (χ0n) is 37.8. The third kappa shape index (κ3) is 17.3. The summed E-state index contributed by atoms with van der Waals surface area (Å²) in [6, 6.07) is 6.71. The summed E-state index contributed by atoms with van der Waals surface area (Å²) in [7, 11) is 1.36. The third-order valence-corrected chi connectivity index (χ3v) is 10.5. The highest BCUT2D eigenvalue weighted by Gasteiger charge is 2.36. The van der Waals surface area contributed by atoms with Gasteiger partial charge in [0.05, 0.1) is 19.2 Å². The Morgan fingerprint density at radius 3 is 2.06 bits per heavy atom. The molecule has 0 fully saturated rings. The van der Waals surface area contributed by atoms with E-state index in [2.05, 4.69) is 38.8 Å². The first-order valence-corrected chi connectivity index (χ1v) is 22.3. The lowest BCUT2D eigenvalue weighted by atomic mass is 9.93. The van der Waals surface area contributed by atoms with E-state index in [9.17, 15) is 33.6 Å². The average molecular weight is 906 g/mol. The summed E-state index contributed by atoms with van der Waals surface area (Å²) in [6.07, 6.45) is 7.57. The van der Waals surface area contributed by atoms with Crippen LogP contribution in [0.15, 0.2) is 36.4 Å². The second-order valence-corrected chi connectivity index (χ2v) is 15.7. The fourth-order valence-corrected chi connectivity index (χ4v) is 7.13. The zero-order chi connectivity index (χ0) is 47.7. The van der Waals surface area contributed by atoms with Crippen molar-refractivity contribution in [1.82, 2.24) is 36.8 Å². The van der Waals surface area contributed by atoms with Gasteiger partial charge in [0.1, 0.15) is 55.4 Å². The molecule has 12 N–H and O–H groups in total. The molecule has 1 aliphatic heterocycles. The molecule has 0 saturated carbocycles. The first-order valence-electron chi connectivity index (χ1n) is 22.3. The molecule has 4 atom stereocenters. The minimum Gasteiger partial charge on any atom is -0.492 e. The number of fused-ring (bicyclic) bond motifs is 5. The number of benzene rings is 2. The lowest BCUT2D eigenvalue weighted by Gasteiger charge is -2.32. The van der Waals surface area contributed by atoms with Crippen molar-refractivity contribution in [2.45, 2.75) is 102 Å². The summed E-state index contributed by atoms with van der Waals surface area (Å²) in [5.41, 5.74) is 19.3. The van der Waals surface area contributed by atoms with Gasteiger partial charge in [-0.15, -0.1) is 0 Å². The second-order valence-electron chi connectivity index (χ2n) is 15.7. The highest BCUT2D eigenvalue weighted by molar-refractivity contribution is 5.97. The fraction of sp³-hybridized carbons (Fsp3) is 0.556. The molecule has 2 aromatic carbocycles. The molecule has 7 amide bonds. The van der Waals surface area contributed by atoms with E-state index in [-0.39, 0.29) is 76.7 Å². The Bertz CT molecular complexity index is 1970. The topological polar surface area (TPSA) is 315 Å². The van der Waals surface area contributed by atoms with Crippen LogP contribution in [0.25, 0.3) is 11.1 Å². The normalized spacial score (nSPS) is 16.3. The van der Waals surface area contributed by atoms with Gasteiger partial charge in [0, 0.05) is 44.1 Å². The summed E-state index contributed by atoms with van der Waals surface area (Å²) in [5.74, 6) is -3.75. The smallest absolute Gasteiger partial charge is 0.248 e. The van der Waals surface area contributed by atoms with Crippen LogP contribution < -0.4 is 58.6 Å². The molecule has 1 heterocycles. The molecule has 4 bridgehead atoms. The van der Waals surface area contributed by atoms with Crippen LogP contribution in [0.1, 0.15) is 88.8 Å².